The van der Waals surface area contributed by atoms with E-state index in [0.29, 0.717) is 15.8 Å². The number of benzene rings is 1. The molecule has 0 spiro atoms. The first kappa shape index (κ1) is 15.3. The molecule has 0 N–H and O–H groups in total. The van der Waals surface area contributed by atoms with E-state index in [1.54, 1.807) is 4.90 Å². The van der Waals surface area contributed by atoms with Crippen LogP contribution in [0.4, 0.5) is 0 Å². The van der Waals surface area contributed by atoms with Crippen LogP contribution in [-0.4, -0.2) is 21.7 Å². The van der Waals surface area contributed by atoms with E-state index in [4.69, 9.17) is 12.2 Å². The zero-order valence-electron chi connectivity index (χ0n) is 12.3. The molecule has 1 saturated heterocycles. The molecule has 1 aromatic rings. The van der Waals surface area contributed by atoms with Gasteiger partial charge in [0.15, 0.2) is 0 Å². The maximum Gasteiger partial charge on any atom is 0.266 e. The molecule has 106 valence electrons. The summed E-state index contributed by atoms with van der Waals surface area (Å²) < 4.78 is 0.648. The number of thioether (sulfide) groups is 1. The van der Waals surface area contributed by atoms with Crippen LogP contribution < -0.4 is 0 Å². The average Bonchev–Trinajstić information content (AvgIpc) is 2.63. The number of thiocarbonyl (C=S) groups is 1. The van der Waals surface area contributed by atoms with Gasteiger partial charge in [0.25, 0.3) is 5.91 Å². The van der Waals surface area contributed by atoms with Crippen molar-refractivity contribution in [2.24, 2.45) is 0 Å². The summed E-state index contributed by atoms with van der Waals surface area (Å²) >= 11 is 6.59. The summed E-state index contributed by atoms with van der Waals surface area (Å²) in [5.41, 5.74) is 2.47. The van der Waals surface area contributed by atoms with Crippen LogP contribution in [0.3, 0.4) is 0 Å². The van der Waals surface area contributed by atoms with Crippen LogP contribution in [-0.2, 0) is 10.2 Å². The van der Waals surface area contributed by atoms with E-state index < -0.39 is 0 Å². The highest BCUT2D eigenvalue weighted by molar-refractivity contribution is 8.26. The molecule has 1 amide bonds. The highest BCUT2D eigenvalue weighted by Crippen LogP contribution is 2.32. The molecule has 1 heterocycles. The van der Waals surface area contributed by atoms with Crippen LogP contribution in [0, 0.1) is 0 Å². The van der Waals surface area contributed by atoms with Gasteiger partial charge in [-0.3, -0.25) is 9.69 Å². The van der Waals surface area contributed by atoms with Gasteiger partial charge in [-0.2, -0.15) is 0 Å². The van der Waals surface area contributed by atoms with Gasteiger partial charge in [0.1, 0.15) is 4.32 Å². The highest BCUT2D eigenvalue weighted by Gasteiger charge is 2.30. The standard InChI is InChI=1S/C16H19NOS2/c1-5-17-14(18)13(20-15(17)19)10-11-6-8-12(9-7-11)16(2,3)4/h6-10H,5H2,1-4H3/b13-10+. The monoisotopic (exact) mass is 305 g/mol. The van der Waals surface area contributed by atoms with Crippen molar-refractivity contribution in [1.29, 1.82) is 0 Å². The Bertz CT molecular complexity index is 567. The molecule has 1 aromatic carbocycles. The molecule has 1 aliphatic rings. The smallest absolute Gasteiger partial charge is 0.266 e. The second-order valence-electron chi connectivity index (χ2n) is 5.80. The molecule has 0 radical (unpaired) electrons. The van der Waals surface area contributed by atoms with Crippen LogP contribution in [0.25, 0.3) is 6.08 Å². The Morgan fingerprint density at radius 2 is 1.85 bits per heavy atom. The minimum absolute atomic E-state index is 0.0161. The molecule has 2 rings (SSSR count). The molecule has 0 aromatic heterocycles. The third-order valence-corrected chi connectivity index (χ3v) is 4.64. The average molecular weight is 305 g/mol. The Balaban J connectivity index is 2.24. The number of nitrogens with zero attached hydrogens (tertiary/aromatic N) is 1. The van der Waals surface area contributed by atoms with Gasteiger partial charge in [-0.05, 0) is 29.5 Å². The maximum absolute atomic E-state index is 12.1. The van der Waals surface area contributed by atoms with Crippen molar-refractivity contribution < 1.29 is 4.79 Å². The Hall–Kier alpha value is -1.13. The maximum atomic E-state index is 12.1. The van der Waals surface area contributed by atoms with Gasteiger partial charge in [0.05, 0.1) is 4.91 Å². The Kier molecular flexibility index (Phi) is 4.35. The van der Waals surface area contributed by atoms with Crippen LogP contribution in [0.15, 0.2) is 29.2 Å². The normalized spacial score (nSPS) is 18.2. The van der Waals surface area contributed by atoms with Gasteiger partial charge in [-0.15, -0.1) is 0 Å². The van der Waals surface area contributed by atoms with E-state index >= 15 is 0 Å². The van der Waals surface area contributed by atoms with Crippen LogP contribution >= 0.6 is 24.0 Å². The number of rotatable bonds is 2. The van der Waals surface area contributed by atoms with E-state index in [9.17, 15) is 4.79 Å². The first-order valence-corrected chi connectivity index (χ1v) is 7.91. The fraction of sp³-hybridized carbons (Fsp3) is 0.375. The van der Waals surface area contributed by atoms with Crippen molar-refractivity contribution in [2.75, 3.05) is 6.54 Å². The summed E-state index contributed by atoms with van der Waals surface area (Å²) in [4.78, 5) is 14.5. The Morgan fingerprint density at radius 1 is 1.25 bits per heavy atom. The molecule has 2 nitrogen and oxygen atoms in total. The largest absolute Gasteiger partial charge is 0.293 e. The van der Waals surface area contributed by atoms with E-state index in [0.717, 1.165) is 5.56 Å². The zero-order chi connectivity index (χ0) is 14.9. The molecule has 1 aliphatic heterocycles. The quantitative estimate of drug-likeness (QED) is 0.603. The lowest BCUT2D eigenvalue weighted by atomic mass is 9.87. The Labute approximate surface area is 130 Å². The van der Waals surface area contributed by atoms with Crippen LogP contribution in [0.5, 0.6) is 0 Å². The fourth-order valence-electron chi connectivity index (χ4n) is 2.00. The van der Waals surface area contributed by atoms with Crippen molar-refractivity contribution in [3.05, 3.63) is 40.3 Å². The van der Waals surface area contributed by atoms with Crippen molar-refractivity contribution in [3.63, 3.8) is 0 Å². The Morgan fingerprint density at radius 3 is 2.30 bits per heavy atom. The first-order valence-electron chi connectivity index (χ1n) is 6.69. The second kappa shape index (κ2) is 5.70. The third kappa shape index (κ3) is 3.13. The number of hydrogen-bond acceptors (Lipinski definition) is 3. The summed E-state index contributed by atoms with van der Waals surface area (Å²) in [5, 5.41) is 0. The van der Waals surface area contributed by atoms with Crippen molar-refractivity contribution in [2.45, 2.75) is 33.1 Å². The van der Waals surface area contributed by atoms with Gasteiger partial charge in [0, 0.05) is 6.54 Å². The molecule has 4 heteroatoms. The SMILES string of the molecule is CCN1C(=O)/C(=C\c2ccc(C(C)(C)C)cc2)SC1=S. The highest BCUT2D eigenvalue weighted by atomic mass is 32.2. The lowest BCUT2D eigenvalue weighted by Gasteiger charge is -2.18. The van der Waals surface area contributed by atoms with Crippen molar-refractivity contribution >= 4 is 40.3 Å². The number of amides is 1. The van der Waals surface area contributed by atoms with E-state index in [-0.39, 0.29) is 11.3 Å². The molecule has 1 fully saturated rings. The minimum Gasteiger partial charge on any atom is -0.293 e. The van der Waals surface area contributed by atoms with E-state index in [1.807, 2.05) is 13.0 Å². The lowest BCUT2D eigenvalue weighted by Crippen LogP contribution is -2.27. The van der Waals surface area contributed by atoms with Gasteiger partial charge < -0.3 is 0 Å². The summed E-state index contributed by atoms with van der Waals surface area (Å²) in [5.74, 6) is 0.0161. The molecular formula is C16H19NOS2. The number of likely N-dealkylation sites (N-methyl/N-ethyl adjacent to an activating group) is 1. The summed E-state index contributed by atoms with van der Waals surface area (Å²) in [6.07, 6.45) is 1.92. The predicted molar refractivity (Wildman–Crippen MR) is 90.7 cm³/mol. The van der Waals surface area contributed by atoms with Gasteiger partial charge in [-0.1, -0.05) is 69.0 Å². The second-order valence-corrected chi connectivity index (χ2v) is 7.47. The van der Waals surface area contributed by atoms with Crippen LogP contribution in [0.1, 0.15) is 38.8 Å². The zero-order valence-corrected chi connectivity index (χ0v) is 13.9. The third-order valence-electron chi connectivity index (χ3n) is 3.26. The molecule has 0 bridgehead atoms. The fourth-order valence-corrected chi connectivity index (χ4v) is 3.39. The predicted octanol–water partition coefficient (Wildman–Crippen LogP) is 4.21. The molecule has 20 heavy (non-hydrogen) atoms. The van der Waals surface area contributed by atoms with Crippen LogP contribution in [0.2, 0.25) is 0 Å². The van der Waals surface area contributed by atoms with Gasteiger partial charge in [-0.25, -0.2) is 0 Å². The molecule has 0 unspecified atom stereocenters. The summed E-state index contributed by atoms with van der Waals surface area (Å²) in [6.45, 7) is 9.13. The number of carbonyl (C=O) groups is 1. The number of carbonyl (C=O) groups excluding carboxylic acids is 1. The topological polar surface area (TPSA) is 20.3 Å². The van der Waals surface area contributed by atoms with E-state index in [2.05, 4.69) is 45.0 Å². The lowest BCUT2D eigenvalue weighted by molar-refractivity contribution is -0.121. The molecular weight excluding hydrogens is 286 g/mol. The summed E-state index contributed by atoms with van der Waals surface area (Å²) in [6, 6.07) is 8.34. The minimum atomic E-state index is 0.0161. The molecule has 0 aliphatic carbocycles. The molecule has 0 atom stereocenters. The molecule has 0 saturated carbocycles. The van der Waals surface area contributed by atoms with Crippen molar-refractivity contribution in [3.8, 4) is 0 Å². The first-order chi connectivity index (χ1) is 9.32. The van der Waals surface area contributed by atoms with Crippen molar-refractivity contribution in [1.82, 2.24) is 4.90 Å². The van der Waals surface area contributed by atoms with Gasteiger partial charge >= 0.3 is 0 Å². The van der Waals surface area contributed by atoms with E-state index in [1.165, 1.54) is 17.3 Å². The summed E-state index contributed by atoms with van der Waals surface area (Å²) in [7, 11) is 0. The number of hydrogen-bond donors (Lipinski definition) is 0. The van der Waals surface area contributed by atoms with Gasteiger partial charge in [0.2, 0.25) is 0 Å².